The van der Waals surface area contributed by atoms with Crippen molar-refractivity contribution in [3.05, 3.63) is 92.6 Å². The lowest BCUT2D eigenvalue weighted by atomic mass is 10.2. The SMILES string of the molecule is Cc1ccc(-n2c(=O)n(C3CC3)c(=O)c3c2ncn3Cc2cccc(F)c2)cc1. The van der Waals surface area contributed by atoms with E-state index < -0.39 is 0 Å². The molecule has 1 fully saturated rings. The smallest absolute Gasteiger partial charge is 0.320 e. The molecule has 4 aromatic rings. The van der Waals surface area contributed by atoms with E-state index in [0.717, 1.165) is 24.0 Å². The Bertz CT molecular complexity index is 1340. The van der Waals surface area contributed by atoms with E-state index >= 15 is 0 Å². The summed E-state index contributed by atoms with van der Waals surface area (Å²) >= 11 is 0. The highest BCUT2D eigenvalue weighted by Crippen LogP contribution is 2.32. The molecule has 0 bridgehead atoms. The van der Waals surface area contributed by atoms with E-state index in [0.29, 0.717) is 23.4 Å². The highest BCUT2D eigenvalue weighted by molar-refractivity contribution is 5.72. The number of nitrogens with zero attached hydrogens (tertiary/aromatic N) is 4. The summed E-state index contributed by atoms with van der Waals surface area (Å²) in [7, 11) is 0. The monoisotopic (exact) mass is 390 g/mol. The minimum atomic E-state index is -0.371. The summed E-state index contributed by atoms with van der Waals surface area (Å²) in [5, 5.41) is 0. The molecule has 1 saturated carbocycles. The maximum absolute atomic E-state index is 13.6. The molecule has 0 unspecified atom stereocenters. The maximum Gasteiger partial charge on any atom is 0.337 e. The van der Waals surface area contributed by atoms with Gasteiger partial charge in [-0.3, -0.25) is 9.36 Å². The van der Waals surface area contributed by atoms with Crippen molar-refractivity contribution < 1.29 is 4.39 Å². The number of aromatic nitrogens is 4. The third-order valence-electron chi connectivity index (χ3n) is 5.30. The van der Waals surface area contributed by atoms with Gasteiger partial charge in [-0.2, -0.15) is 0 Å². The van der Waals surface area contributed by atoms with Gasteiger partial charge < -0.3 is 4.57 Å². The van der Waals surface area contributed by atoms with Crippen molar-refractivity contribution in [2.24, 2.45) is 0 Å². The van der Waals surface area contributed by atoms with E-state index in [1.807, 2.05) is 31.2 Å². The Morgan fingerprint density at radius 1 is 1.10 bits per heavy atom. The third kappa shape index (κ3) is 2.99. The van der Waals surface area contributed by atoms with Gasteiger partial charge in [-0.1, -0.05) is 29.8 Å². The zero-order valence-electron chi connectivity index (χ0n) is 15.9. The van der Waals surface area contributed by atoms with Gasteiger partial charge in [0.15, 0.2) is 11.2 Å². The summed E-state index contributed by atoms with van der Waals surface area (Å²) < 4.78 is 18.1. The molecular weight excluding hydrogens is 371 g/mol. The Kier molecular flexibility index (Phi) is 3.97. The average Bonchev–Trinajstić information content (AvgIpc) is 3.44. The molecule has 0 spiro atoms. The van der Waals surface area contributed by atoms with Gasteiger partial charge in [-0.15, -0.1) is 0 Å². The van der Waals surface area contributed by atoms with Gasteiger partial charge >= 0.3 is 5.69 Å². The first-order valence-electron chi connectivity index (χ1n) is 9.57. The van der Waals surface area contributed by atoms with Crippen LogP contribution in [0, 0.1) is 12.7 Å². The molecule has 29 heavy (non-hydrogen) atoms. The molecule has 0 saturated heterocycles. The van der Waals surface area contributed by atoms with Crippen molar-refractivity contribution in [1.82, 2.24) is 18.7 Å². The van der Waals surface area contributed by atoms with Gasteiger partial charge in [0, 0.05) is 12.6 Å². The molecule has 2 aromatic heterocycles. The minimum Gasteiger partial charge on any atom is -0.320 e. The van der Waals surface area contributed by atoms with E-state index in [4.69, 9.17) is 0 Å². The lowest BCUT2D eigenvalue weighted by molar-refractivity contribution is 0.623. The fourth-order valence-electron chi connectivity index (χ4n) is 3.69. The van der Waals surface area contributed by atoms with Crippen LogP contribution in [0.2, 0.25) is 0 Å². The van der Waals surface area contributed by atoms with E-state index in [1.54, 1.807) is 23.0 Å². The van der Waals surface area contributed by atoms with Crippen LogP contribution in [0.5, 0.6) is 0 Å². The predicted molar refractivity (Wildman–Crippen MR) is 108 cm³/mol. The van der Waals surface area contributed by atoms with Crippen molar-refractivity contribution in [3.8, 4) is 5.69 Å². The number of hydrogen-bond donors (Lipinski definition) is 0. The number of aryl methyl sites for hydroxylation is 1. The molecule has 2 aromatic carbocycles. The number of benzene rings is 2. The molecule has 1 aliphatic carbocycles. The number of rotatable bonds is 4. The molecule has 0 atom stereocenters. The Balaban J connectivity index is 1.77. The number of halogens is 1. The second-order valence-electron chi connectivity index (χ2n) is 7.53. The van der Waals surface area contributed by atoms with E-state index in [2.05, 4.69) is 4.98 Å². The molecule has 5 rings (SSSR count). The van der Waals surface area contributed by atoms with Crippen molar-refractivity contribution >= 4 is 11.2 Å². The van der Waals surface area contributed by atoms with Crippen molar-refractivity contribution in [1.29, 1.82) is 0 Å². The molecule has 7 heteroatoms. The van der Waals surface area contributed by atoms with Crippen LogP contribution in [-0.2, 0) is 6.54 Å². The molecule has 146 valence electrons. The fraction of sp³-hybridized carbons (Fsp3) is 0.227. The highest BCUT2D eigenvalue weighted by atomic mass is 19.1. The first kappa shape index (κ1) is 17.6. The van der Waals surface area contributed by atoms with Crippen molar-refractivity contribution in [3.63, 3.8) is 0 Å². The van der Waals surface area contributed by atoms with Gasteiger partial charge in [0.1, 0.15) is 5.82 Å². The van der Waals surface area contributed by atoms with Gasteiger partial charge in [0.2, 0.25) is 0 Å². The second-order valence-corrected chi connectivity index (χ2v) is 7.53. The standard InChI is InChI=1S/C22H19FN4O2/c1-14-5-7-17(8-6-14)26-20-19(21(28)27(22(26)29)18-9-10-18)25(13-24-20)12-15-3-2-4-16(23)11-15/h2-8,11,13,18H,9-10,12H2,1H3. The number of hydrogen-bond acceptors (Lipinski definition) is 3. The Morgan fingerprint density at radius 2 is 1.86 bits per heavy atom. The van der Waals surface area contributed by atoms with Crippen LogP contribution in [0.25, 0.3) is 16.9 Å². The maximum atomic E-state index is 13.6. The molecule has 1 aliphatic rings. The van der Waals surface area contributed by atoms with Crippen molar-refractivity contribution in [2.45, 2.75) is 32.4 Å². The lowest BCUT2D eigenvalue weighted by Crippen LogP contribution is -2.39. The van der Waals surface area contributed by atoms with Crippen LogP contribution >= 0.6 is 0 Å². The average molecular weight is 390 g/mol. The van der Waals surface area contributed by atoms with Crippen LogP contribution in [-0.4, -0.2) is 18.7 Å². The summed E-state index contributed by atoms with van der Waals surface area (Å²) in [6.07, 6.45) is 3.16. The van der Waals surface area contributed by atoms with Gasteiger partial charge in [0.25, 0.3) is 5.56 Å². The van der Waals surface area contributed by atoms with Crippen LogP contribution in [0.1, 0.15) is 30.0 Å². The molecular formula is C22H19FN4O2. The number of fused-ring (bicyclic) bond motifs is 1. The zero-order chi connectivity index (χ0) is 20.1. The largest absolute Gasteiger partial charge is 0.337 e. The van der Waals surface area contributed by atoms with Crippen molar-refractivity contribution in [2.75, 3.05) is 0 Å². The quantitative estimate of drug-likeness (QED) is 0.538. The normalized spacial score (nSPS) is 13.9. The Labute approximate surface area is 165 Å². The third-order valence-corrected chi connectivity index (χ3v) is 5.30. The Hall–Kier alpha value is -3.48. The van der Waals surface area contributed by atoms with E-state index in [9.17, 15) is 14.0 Å². The van der Waals surface area contributed by atoms with Gasteiger partial charge in [-0.25, -0.2) is 18.7 Å². The molecule has 2 heterocycles. The topological polar surface area (TPSA) is 61.8 Å². The summed E-state index contributed by atoms with van der Waals surface area (Å²) in [6.45, 7) is 2.27. The molecule has 6 nitrogen and oxygen atoms in total. The summed E-state index contributed by atoms with van der Waals surface area (Å²) in [5.74, 6) is -0.334. The molecule has 0 radical (unpaired) electrons. The van der Waals surface area contributed by atoms with E-state index in [-0.39, 0.29) is 23.1 Å². The van der Waals surface area contributed by atoms with Crippen LogP contribution < -0.4 is 11.2 Å². The van der Waals surface area contributed by atoms with E-state index in [1.165, 1.54) is 21.3 Å². The second kappa shape index (κ2) is 6.55. The van der Waals surface area contributed by atoms with Crippen LogP contribution in [0.4, 0.5) is 4.39 Å². The lowest BCUT2D eigenvalue weighted by Gasteiger charge is -2.12. The Morgan fingerprint density at radius 3 is 2.55 bits per heavy atom. The van der Waals surface area contributed by atoms with Gasteiger partial charge in [-0.05, 0) is 49.6 Å². The molecule has 0 amide bonds. The van der Waals surface area contributed by atoms with Gasteiger partial charge in [0.05, 0.1) is 12.0 Å². The summed E-state index contributed by atoms with van der Waals surface area (Å²) in [6, 6.07) is 13.7. The number of imidazole rings is 1. The molecule has 0 N–H and O–H groups in total. The first-order valence-corrected chi connectivity index (χ1v) is 9.57. The summed E-state index contributed by atoms with van der Waals surface area (Å²) in [5.41, 5.74) is 2.41. The minimum absolute atomic E-state index is 0.0754. The first-order chi connectivity index (χ1) is 14.0. The highest BCUT2D eigenvalue weighted by Gasteiger charge is 2.30. The van der Waals surface area contributed by atoms with Crippen LogP contribution in [0.3, 0.4) is 0 Å². The zero-order valence-corrected chi connectivity index (χ0v) is 15.9. The molecule has 0 aliphatic heterocycles. The predicted octanol–water partition coefficient (Wildman–Crippen LogP) is 3.18. The van der Waals surface area contributed by atoms with Crippen LogP contribution in [0.15, 0.2) is 64.4 Å². The summed E-state index contributed by atoms with van der Waals surface area (Å²) in [4.78, 5) is 30.8. The fourth-order valence-corrected chi connectivity index (χ4v) is 3.69.